The Hall–Kier alpha value is -3.38. The first kappa shape index (κ1) is 28.7. The molecular weight excluding hydrogens is 529 g/mol. The lowest BCUT2D eigenvalue weighted by molar-refractivity contribution is -0.139. The van der Waals surface area contributed by atoms with Crippen LogP contribution in [0.4, 0.5) is 4.39 Å². The standard InChI is InChI=1S/C36H42FNO4/c1-5-25-16-29-27(17-30-33(29)34(30)35(39)40)18-31(25)42-19-24-9-7-10-26(15-24)32-22(3)13-28(14-23(32)4)41-12-8-11-38-20-36(37,6-2)21-38/h7,9-10,13-16,18,30,33-34H,5-6,8,11-12,17,19-21H2,1-4H3,(H,39,40). The number of hydrogen-bond acceptors (Lipinski definition) is 4. The van der Waals surface area contributed by atoms with Crippen LogP contribution in [0, 0.1) is 25.7 Å². The number of benzene rings is 3. The molecule has 3 atom stereocenters. The number of hydrogen-bond donors (Lipinski definition) is 1. The Morgan fingerprint density at radius 1 is 1.07 bits per heavy atom. The number of ether oxygens (including phenoxy) is 2. The van der Waals surface area contributed by atoms with Crippen LogP contribution < -0.4 is 9.47 Å². The maximum Gasteiger partial charge on any atom is 0.307 e. The number of aryl methyl sites for hydroxylation is 3. The van der Waals surface area contributed by atoms with Crippen molar-refractivity contribution in [3.8, 4) is 22.6 Å². The predicted octanol–water partition coefficient (Wildman–Crippen LogP) is 7.28. The number of carboxylic acids is 1. The van der Waals surface area contributed by atoms with E-state index in [4.69, 9.17) is 9.47 Å². The van der Waals surface area contributed by atoms with E-state index in [1.807, 2.05) is 6.92 Å². The van der Waals surface area contributed by atoms with E-state index in [9.17, 15) is 14.3 Å². The Morgan fingerprint density at radius 3 is 2.52 bits per heavy atom. The topological polar surface area (TPSA) is 59.0 Å². The lowest BCUT2D eigenvalue weighted by Crippen LogP contribution is -2.58. The van der Waals surface area contributed by atoms with Crippen LogP contribution in [0.1, 0.15) is 66.0 Å². The van der Waals surface area contributed by atoms with Crippen molar-refractivity contribution in [3.05, 3.63) is 81.9 Å². The quantitative estimate of drug-likeness (QED) is 0.232. The fourth-order valence-electron chi connectivity index (χ4n) is 7.28. The second-order valence-electron chi connectivity index (χ2n) is 12.6. The van der Waals surface area contributed by atoms with Gasteiger partial charge in [-0.1, -0.05) is 38.1 Å². The number of nitrogens with zero attached hydrogens (tertiary/aromatic N) is 1. The Balaban J connectivity index is 1.08. The highest BCUT2D eigenvalue weighted by molar-refractivity contribution is 5.78. The Labute approximate surface area is 248 Å². The fourth-order valence-corrected chi connectivity index (χ4v) is 7.28. The molecule has 0 amide bonds. The molecule has 3 aliphatic rings. The van der Waals surface area contributed by atoms with E-state index in [0.29, 0.717) is 32.7 Å². The molecule has 3 aromatic rings. The van der Waals surface area contributed by atoms with Crippen molar-refractivity contribution in [2.24, 2.45) is 11.8 Å². The summed E-state index contributed by atoms with van der Waals surface area (Å²) in [4.78, 5) is 13.7. The third kappa shape index (κ3) is 5.54. The van der Waals surface area contributed by atoms with Gasteiger partial charge < -0.3 is 14.6 Å². The third-order valence-corrected chi connectivity index (χ3v) is 9.62. The predicted molar refractivity (Wildman–Crippen MR) is 163 cm³/mol. The number of carbonyl (C=O) groups is 1. The molecule has 6 rings (SSSR count). The van der Waals surface area contributed by atoms with Gasteiger partial charge in [-0.2, -0.15) is 0 Å². The van der Waals surface area contributed by atoms with Crippen molar-refractivity contribution in [1.29, 1.82) is 0 Å². The van der Waals surface area contributed by atoms with E-state index in [0.717, 1.165) is 54.0 Å². The van der Waals surface area contributed by atoms with Crippen LogP contribution in [0.5, 0.6) is 11.5 Å². The monoisotopic (exact) mass is 571 g/mol. The summed E-state index contributed by atoms with van der Waals surface area (Å²) in [6.07, 6.45) is 3.16. The Bertz CT molecular complexity index is 1470. The van der Waals surface area contributed by atoms with Crippen LogP contribution in [0.25, 0.3) is 11.1 Å². The molecule has 0 bridgehead atoms. The van der Waals surface area contributed by atoms with Crippen molar-refractivity contribution in [1.82, 2.24) is 4.90 Å². The molecule has 3 unspecified atom stereocenters. The molecule has 2 aliphatic carbocycles. The summed E-state index contributed by atoms with van der Waals surface area (Å²) in [5.41, 5.74) is 8.43. The van der Waals surface area contributed by atoms with E-state index in [2.05, 4.69) is 74.2 Å². The van der Waals surface area contributed by atoms with E-state index < -0.39 is 11.6 Å². The summed E-state index contributed by atoms with van der Waals surface area (Å²) in [5, 5.41) is 9.48. The normalized spacial score (nSPS) is 21.8. The van der Waals surface area contributed by atoms with Gasteiger partial charge in [-0.15, -0.1) is 0 Å². The van der Waals surface area contributed by atoms with Gasteiger partial charge in [0.1, 0.15) is 23.8 Å². The van der Waals surface area contributed by atoms with Gasteiger partial charge in [-0.3, -0.25) is 9.69 Å². The first-order valence-electron chi connectivity index (χ1n) is 15.5. The molecule has 2 fully saturated rings. The van der Waals surface area contributed by atoms with Gasteiger partial charge in [0.15, 0.2) is 0 Å². The van der Waals surface area contributed by atoms with Crippen molar-refractivity contribution in [2.45, 2.75) is 71.6 Å². The van der Waals surface area contributed by atoms with Gasteiger partial charge in [-0.05, 0) is 114 Å². The van der Waals surface area contributed by atoms with Gasteiger partial charge >= 0.3 is 5.97 Å². The number of halogens is 1. The smallest absolute Gasteiger partial charge is 0.307 e. The molecular formula is C36H42FNO4. The van der Waals surface area contributed by atoms with E-state index >= 15 is 0 Å². The molecule has 0 aromatic heterocycles. The zero-order chi connectivity index (χ0) is 29.6. The van der Waals surface area contributed by atoms with Gasteiger partial charge in [0.2, 0.25) is 0 Å². The largest absolute Gasteiger partial charge is 0.494 e. The number of alkyl halides is 1. The number of rotatable bonds is 12. The second kappa shape index (κ2) is 11.4. The summed E-state index contributed by atoms with van der Waals surface area (Å²) in [7, 11) is 0. The molecule has 5 nitrogen and oxygen atoms in total. The van der Waals surface area contributed by atoms with Crippen LogP contribution in [-0.2, 0) is 24.2 Å². The van der Waals surface area contributed by atoms with E-state index in [-0.39, 0.29) is 17.8 Å². The number of fused-ring (bicyclic) bond motifs is 3. The first-order chi connectivity index (χ1) is 20.2. The molecule has 3 aromatic carbocycles. The lowest BCUT2D eigenvalue weighted by Gasteiger charge is -2.44. The van der Waals surface area contributed by atoms with Crippen molar-refractivity contribution < 1.29 is 23.8 Å². The van der Waals surface area contributed by atoms with Gasteiger partial charge in [-0.25, -0.2) is 4.39 Å². The van der Waals surface area contributed by atoms with Crippen molar-refractivity contribution in [3.63, 3.8) is 0 Å². The minimum absolute atomic E-state index is 0.182. The molecule has 1 N–H and O–H groups in total. The molecule has 1 saturated heterocycles. The molecule has 0 radical (unpaired) electrons. The molecule has 0 spiro atoms. The minimum Gasteiger partial charge on any atom is -0.494 e. The Morgan fingerprint density at radius 2 is 1.83 bits per heavy atom. The third-order valence-electron chi connectivity index (χ3n) is 9.62. The maximum atomic E-state index is 14.1. The van der Waals surface area contributed by atoms with E-state index in [1.165, 1.54) is 27.8 Å². The highest BCUT2D eigenvalue weighted by atomic mass is 19.1. The summed E-state index contributed by atoms with van der Waals surface area (Å²) in [6, 6.07) is 17.1. The van der Waals surface area contributed by atoms with Crippen LogP contribution in [0.2, 0.25) is 0 Å². The summed E-state index contributed by atoms with van der Waals surface area (Å²) in [5.74, 6) is 1.35. The summed E-state index contributed by atoms with van der Waals surface area (Å²) < 4.78 is 26.5. The number of likely N-dealkylation sites (tertiary alicyclic amines) is 1. The molecule has 42 heavy (non-hydrogen) atoms. The number of carboxylic acid groups (broad SMARTS) is 1. The summed E-state index contributed by atoms with van der Waals surface area (Å²) in [6.45, 7) is 11.3. The van der Waals surface area contributed by atoms with E-state index in [1.54, 1.807) is 0 Å². The number of aliphatic carboxylic acids is 1. The van der Waals surface area contributed by atoms with Gasteiger partial charge in [0.05, 0.1) is 12.5 Å². The summed E-state index contributed by atoms with van der Waals surface area (Å²) >= 11 is 0. The second-order valence-corrected chi connectivity index (χ2v) is 12.6. The SMILES string of the molecule is CCc1cc2c(cc1OCc1cccc(-c3c(C)cc(OCCCN4CC(F)(CC)C4)cc3C)c1)CC1C(C(=O)O)C21. The van der Waals surface area contributed by atoms with Crippen LogP contribution in [0.15, 0.2) is 48.5 Å². The molecule has 1 aliphatic heterocycles. The van der Waals surface area contributed by atoms with Crippen LogP contribution >= 0.6 is 0 Å². The molecule has 1 heterocycles. The van der Waals surface area contributed by atoms with Gasteiger partial charge in [0, 0.05) is 25.6 Å². The van der Waals surface area contributed by atoms with Crippen LogP contribution in [-0.4, -0.2) is 47.9 Å². The minimum atomic E-state index is -0.982. The van der Waals surface area contributed by atoms with Crippen molar-refractivity contribution >= 4 is 5.97 Å². The Kier molecular flexibility index (Phi) is 7.77. The molecule has 6 heteroatoms. The highest BCUT2D eigenvalue weighted by Gasteiger charge is 2.59. The maximum absolute atomic E-state index is 14.1. The van der Waals surface area contributed by atoms with Gasteiger partial charge in [0.25, 0.3) is 0 Å². The average molecular weight is 572 g/mol. The average Bonchev–Trinajstić information content (AvgIpc) is 3.55. The van der Waals surface area contributed by atoms with Crippen LogP contribution in [0.3, 0.4) is 0 Å². The molecule has 222 valence electrons. The highest BCUT2D eigenvalue weighted by Crippen LogP contribution is 2.62. The lowest BCUT2D eigenvalue weighted by atomic mass is 9.93. The zero-order valence-electron chi connectivity index (χ0n) is 25.2. The zero-order valence-corrected chi connectivity index (χ0v) is 25.2. The molecule has 1 saturated carbocycles. The van der Waals surface area contributed by atoms with Crippen molar-refractivity contribution in [2.75, 3.05) is 26.2 Å². The first-order valence-corrected chi connectivity index (χ1v) is 15.5. The fraction of sp³-hybridized carbons (Fsp3) is 0.472.